The Morgan fingerprint density at radius 2 is 1.38 bits per heavy atom. The van der Waals surface area contributed by atoms with Gasteiger partial charge in [-0.2, -0.15) is 0 Å². The predicted molar refractivity (Wildman–Crippen MR) is 140 cm³/mol. The number of rotatable bonds is 6. The number of aliphatic hydroxyl groups is 1. The van der Waals surface area contributed by atoms with Crippen LogP contribution in [0.25, 0.3) is 21.5 Å². The first-order chi connectivity index (χ1) is 16.2. The molecule has 0 saturated heterocycles. The number of aliphatic hydroxyl groups excluding tert-OH is 1. The minimum Gasteiger partial charge on any atom is -0.512 e. The number of ether oxygens (including phenoxy) is 2. The van der Waals surface area contributed by atoms with Crippen molar-refractivity contribution in [2.75, 3.05) is 13.2 Å². The maximum absolute atomic E-state index is 12.0. The minimum atomic E-state index is -0.139. The van der Waals surface area contributed by atoms with E-state index in [9.17, 15) is 4.79 Å². The van der Waals surface area contributed by atoms with Gasteiger partial charge in [-0.1, -0.05) is 88.0 Å². The molecule has 0 heterocycles. The molecule has 0 aliphatic rings. The summed E-state index contributed by atoms with van der Waals surface area (Å²) in [4.78, 5) is 12.0. The van der Waals surface area contributed by atoms with Gasteiger partial charge in [-0.25, -0.2) is 0 Å². The second-order valence-electron chi connectivity index (χ2n) is 9.12. The van der Waals surface area contributed by atoms with Crippen LogP contribution in [0.3, 0.4) is 0 Å². The molecular formula is C30H32O4. The number of carbonyl (C=O) groups is 1. The molecule has 0 fully saturated rings. The fourth-order valence-electron chi connectivity index (χ4n) is 3.24. The van der Waals surface area contributed by atoms with E-state index >= 15 is 0 Å². The van der Waals surface area contributed by atoms with Crippen molar-refractivity contribution in [2.24, 2.45) is 5.41 Å². The zero-order chi connectivity index (χ0) is 24.7. The molecule has 0 bridgehead atoms. The van der Waals surface area contributed by atoms with E-state index < -0.39 is 0 Å². The average Bonchev–Trinajstić information content (AvgIpc) is 2.81. The molecule has 0 aliphatic heterocycles. The Labute approximate surface area is 201 Å². The summed E-state index contributed by atoms with van der Waals surface area (Å²) in [6.07, 6.45) is 0. The van der Waals surface area contributed by atoms with E-state index in [0.717, 1.165) is 21.9 Å². The summed E-state index contributed by atoms with van der Waals surface area (Å²) in [5.74, 6) is 1.67. The lowest BCUT2D eigenvalue weighted by Crippen LogP contribution is -2.11. The zero-order valence-electron chi connectivity index (χ0n) is 20.3. The monoisotopic (exact) mass is 456 g/mol. The Bertz CT molecular complexity index is 1300. The predicted octanol–water partition coefficient (Wildman–Crippen LogP) is 7.76. The number of Topliss-reactive ketones (excluding diaryl/α,β-unsaturated/α-hetero) is 1. The first-order valence-corrected chi connectivity index (χ1v) is 11.3. The molecule has 0 saturated carbocycles. The zero-order valence-corrected chi connectivity index (χ0v) is 20.3. The van der Waals surface area contributed by atoms with E-state index in [-0.39, 0.29) is 17.0 Å². The number of allylic oxidation sites excluding steroid dienone is 1. The molecular weight excluding hydrogens is 424 g/mol. The highest BCUT2D eigenvalue weighted by atomic mass is 16.5. The van der Waals surface area contributed by atoms with Gasteiger partial charge in [0.25, 0.3) is 0 Å². The van der Waals surface area contributed by atoms with Crippen molar-refractivity contribution < 1.29 is 19.4 Å². The normalized spacial score (nSPS) is 10.9. The highest BCUT2D eigenvalue weighted by molar-refractivity contribution is 6.03. The molecule has 4 rings (SSSR count). The summed E-state index contributed by atoms with van der Waals surface area (Å²) < 4.78 is 11.8. The molecule has 0 unspecified atom stereocenters. The Kier molecular flexibility index (Phi) is 7.95. The maximum Gasteiger partial charge on any atom is 0.163 e. The molecule has 4 nitrogen and oxygen atoms in total. The third-order valence-corrected chi connectivity index (χ3v) is 5.44. The third-order valence-electron chi connectivity index (χ3n) is 5.44. The van der Waals surface area contributed by atoms with E-state index in [1.54, 1.807) is 6.92 Å². The summed E-state index contributed by atoms with van der Waals surface area (Å²) in [6.45, 7) is 11.4. The Hall–Kier alpha value is -3.79. The van der Waals surface area contributed by atoms with Gasteiger partial charge in [0.15, 0.2) is 5.78 Å². The van der Waals surface area contributed by atoms with Crippen LogP contribution < -0.4 is 9.47 Å². The SMILES string of the molecule is C=C(O)C(C)(C)C.CC(=O)c1ccc2ccccc2c1OCCOc1ccc2ccccc2c1. The van der Waals surface area contributed by atoms with Gasteiger partial charge < -0.3 is 14.6 Å². The van der Waals surface area contributed by atoms with E-state index in [0.29, 0.717) is 24.5 Å². The fraction of sp³-hybridized carbons (Fsp3) is 0.233. The smallest absolute Gasteiger partial charge is 0.163 e. The van der Waals surface area contributed by atoms with Crippen LogP contribution in [-0.2, 0) is 0 Å². The number of hydrogen-bond acceptors (Lipinski definition) is 4. The number of ketones is 1. The Balaban J connectivity index is 0.000000406. The van der Waals surface area contributed by atoms with Crippen molar-refractivity contribution in [1.29, 1.82) is 0 Å². The first kappa shape index (κ1) is 24.8. The van der Waals surface area contributed by atoms with E-state index in [4.69, 9.17) is 14.6 Å². The van der Waals surface area contributed by atoms with Gasteiger partial charge in [0.1, 0.15) is 24.7 Å². The van der Waals surface area contributed by atoms with Gasteiger partial charge in [0.05, 0.1) is 11.3 Å². The van der Waals surface area contributed by atoms with Crippen molar-refractivity contribution in [3.05, 3.63) is 96.8 Å². The van der Waals surface area contributed by atoms with Crippen molar-refractivity contribution in [3.63, 3.8) is 0 Å². The number of hydrogen-bond donors (Lipinski definition) is 1. The molecule has 0 atom stereocenters. The highest BCUT2D eigenvalue weighted by Crippen LogP contribution is 2.30. The van der Waals surface area contributed by atoms with Gasteiger partial charge >= 0.3 is 0 Å². The van der Waals surface area contributed by atoms with E-state index in [1.807, 2.05) is 87.5 Å². The first-order valence-electron chi connectivity index (χ1n) is 11.3. The van der Waals surface area contributed by atoms with Crippen LogP contribution in [0.4, 0.5) is 0 Å². The Morgan fingerprint density at radius 3 is 2.03 bits per heavy atom. The molecule has 0 amide bonds. The van der Waals surface area contributed by atoms with Crippen LogP contribution >= 0.6 is 0 Å². The topological polar surface area (TPSA) is 55.8 Å². The maximum atomic E-state index is 12.0. The van der Waals surface area contributed by atoms with Crippen LogP contribution in [0.5, 0.6) is 11.5 Å². The standard InChI is InChI=1S/C24H20O3.C6H12O/c1-17(25)22-13-11-19-7-4-5-9-23(19)24(22)27-15-14-26-21-12-10-18-6-2-3-8-20(18)16-21;1-5(7)6(2,3)4/h2-13,16H,14-15H2,1H3;7H,1H2,2-4H3. The molecule has 4 heteroatoms. The lowest BCUT2D eigenvalue weighted by Gasteiger charge is -2.14. The lowest BCUT2D eigenvalue weighted by molar-refractivity contribution is 0.101. The van der Waals surface area contributed by atoms with E-state index in [2.05, 4.69) is 18.7 Å². The molecule has 1 N–H and O–H groups in total. The number of carbonyl (C=O) groups excluding carboxylic acids is 1. The van der Waals surface area contributed by atoms with Gasteiger partial charge in [0, 0.05) is 10.8 Å². The Morgan fingerprint density at radius 1 is 0.824 bits per heavy atom. The van der Waals surface area contributed by atoms with Crippen molar-refractivity contribution >= 4 is 27.3 Å². The quantitative estimate of drug-likeness (QED) is 0.183. The van der Waals surface area contributed by atoms with Crippen LogP contribution in [0, 0.1) is 5.41 Å². The van der Waals surface area contributed by atoms with Gasteiger partial charge in [-0.15, -0.1) is 0 Å². The molecule has 0 radical (unpaired) electrons. The molecule has 4 aromatic rings. The second-order valence-corrected chi connectivity index (χ2v) is 9.12. The number of fused-ring (bicyclic) bond motifs is 2. The van der Waals surface area contributed by atoms with Crippen LogP contribution in [0.15, 0.2) is 91.2 Å². The summed E-state index contributed by atoms with van der Waals surface area (Å²) in [7, 11) is 0. The minimum absolute atomic E-state index is 0.00815. The molecule has 34 heavy (non-hydrogen) atoms. The second kappa shape index (κ2) is 10.9. The summed E-state index contributed by atoms with van der Waals surface area (Å²) in [5.41, 5.74) is 0.458. The van der Waals surface area contributed by atoms with Crippen LogP contribution in [0.1, 0.15) is 38.1 Å². The van der Waals surface area contributed by atoms with Crippen molar-refractivity contribution in [1.82, 2.24) is 0 Å². The summed E-state index contributed by atoms with van der Waals surface area (Å²) >= 11 is 0. The largest absolute Gasteiger partial charge is 0.512 e. The van der Waals surface area contributed by atoms with Gasteiger partial charge in [0.2, 0.25) is 0 Å². The van der Waals surface area contributed by atoms with Gasteiger partial charge in [-0.3, -0.25) is 4.79 Å². The molecule has 4 aromatic carbocycles. The lowest BCUT2D eigenvalue weighted by atomic mass is 9.95. The molecule has 0 aliphatic carbocycles. The summed E-state index contributed by atoms with van der Waals surface area (Å²) in [6, 6.07) is 25.9. The number of benzene rings is 4. The van der Waals surface area contributed by atoms with Crippen LogP contribution in [-0.4, -0.2) is 24.1 Å². The van der Waals surface area contributed by atoms with Crippen molar-refractivity contribution in [3.8, 4) is 11.5 Å². The fourth-order valence-corrected chi connectivity index (χ4v) is 3.24. The van der Waals surface area contributed by atoms with Gasteiger partial charge in [-0.05, 0) is 41.3 Å². The van der Waals surface area contributed by atoms with Crippen LogP contribution in [0.2, 0.25) is 0 Å². The molecule has 0 aromatic heterocycles. The van der Waals surface area contributed by atoms with E-state index in [1.165, 1.54) is 5.39 Å². The highest BCUT2D eigenvalue weighted by Gasteiger charge is 2.13. The molecule has 0 spiro atoms. The van der Waals surface area contributed by atoms with Crippen molar-refractivity contribution in [2.45, 2.75) is 27.7 Å². The summed E-state index contributed by atoms with van der Waals surface area (Å²) in [5, 5.41) is 13.0. The average molecular weight is 457 g/mol. The third kappa shape index (κ3) is 6.38. The molecule has 176 valence electrons.